The molecular formula is C24H31FN2O3. The van der Waals surface area contributed by atoms with E-state index in [-0.39, 0.29) is 25.0 Å². The SMILES string of the molecule is CCCCNC(=O)[C@@H](C)N(Cc1ccccc1F)C(=O)COc1cccc(C)c1C. The fourth-order valence-electron chi connectivity index (χ4n) is 3.03. The van der Waals surface area contributed by atoms with Crippen molar-refractivity contribution in [2.24, 2.45) is 0 Å². The smallest absolute Gasteiger partial charge is 0.261 e. The lowest BCUT2D eigenvalue weighted by molar-refractivity contribution is -0.142. The van der Waals surface area contributed by atoms with E-state index in [9.17, 15) is 14.0 Å². The van der Waals surface area contributed by atoms with Crippen LogP contribution in [0.5, 0.6) is 5.75 Å². The zero-order valence-corrected chi connectivity index (χ0v) is 18.2. The van der Waals surface area contributed by atoms with Crippen LogP contribution >= 0.6 is 0 Å². The number of rotatable bonds is 10. The lowest BCUT2D eigenvalue weighted by Crippen LogP contribution is -2.49. The molecule has 0 saturated carbocycles. The van der Waals surface area contributed by atoms with Gasteiger partial charge in [0.2, 0.25) is 5.91 Å². The molecule has 162 valence electrons. The molecule has 0 spiro atoms. The molecule has 2 aromatic carbocycles. The first-order valence-electron chi connectivity index (χ1n) is 10.3. The molecule has 0 unspecified atom stereocenters. The molecule has 0 radical (unpaired) electrons. The molecule has 30 heavy (non-hydrogen) atoms. The van der Waals surface area contributed by atoms with Crippen molar-refractivity contribution in [3.63, 3.8) is 0 Å². The normalized spacial score (nSPS) is 11.6. The average Bonchev–Trinajstić information content (AvgIpc) is 2.73. The number of hydrogen-bond acceptors (Lipinski definition) is 3. The number of nitrogens with one attached hydrogen (secondary N) is 1. The molecule has 0 heterocycles. The van der Waals surface area contributed by atoms with Crippen molar-refractivity contribution in [2.45, 2.75) is 53.1 Å². The summed E-state index contributed by atoms with van der Waals surface area (Å²) in [6.07, 6.45) is 1.81. The number of carbonyl (C=O) groups excluding carboxylic acids is 2. The van der Waals surface area contributed by atoms with Crippen molar-refractivity contribution in [3.8, 4) is 5.75 Å². The molecule has 0 aliphatic rings. The maximum Gasteiger partial charge on any atom is 0.261 e. The summed E-state index contributed by atoms with van der Waals surface area (Å²) >= 11 is 0. The minimum atomic E-state index is -0.754. The van der Waals surface area contributed by atoms with Crippen LogP contribution in [-0.2, 0) is 16.1 Å². The summed E-state index contributed by atoms with van der Waals surface area (Å²) < 4.78 is 19.9. The Morgan fingerprint density at radius 3 is 2.57 bits per heavy atom. The first-order valence-corrected chi connectivity index (χ1v) is 10.3. The Kier molecular flexibility index (Phi) is 8.84. The summed E-state index contributed by atoms with van der Waals surface area (Å²) in [4.78, 5) is 26.9. The molecule has 0 fully saturated rings. The van der Waals surface area contributed by atoms with Gasteiger partial charge in [-0.3, -0.25) is 9.59 Å². The molecule has 0 bridgehead atoms. The van der Waals surface area contributed by atoms with Gasteiger partial charge < -0.3 is 15.0 Å². The van der Waals surface area contributed by atoms with Crippen molar-refractivity contribution >= 4 is 11.8 Å². The van der Waals surface area contributed by atoms with E-state index >= 15 is 0 Å². The van der Waals surface area contributed by atoms with Crippen LogP contribution in [0.4, 0.5) is 4.39 Å². The van der Waals surface area contributed by atoms with E-state index in [1.54, 1.807) is 31.2 Å². The van der Waals surface area contributed by atoms with E-state index in [0.29, 0.717) is 17.9 Å². The van der Waals surface area contributed by atoms with Gasteiger partial charge in [0.15, 0.2) is 6.61 Å². The summed E-state index contributed by atoms with van der Waals surface area (Å²) in [5, 5.41) is 2.84. The van der Waals surface area contributed by atoms with E-state index in [1.165, 1.54) is 11.0 Å². The minimum Gasteiger partial charge on any atom is -0.483 e. The number of ether oxygens (including phenoxy) is 1. The Morgan fingerprint density at radius 1 is 1.13 bits per heavy atom. The molecule has 0 saturated heterocycles. The molecule has 1 atom stereocenters. The van der Waals surface area contributed by atoms with Gasteiger partial charge in [0.1, 0.15) is 17.6 Å². The summed E-state index contributed by atoms with van der Waals surface area (Å²) in [6.45, 7) is 7.88. The summed E-state index contributed by atoms with van der Waals surface area (Å²) in [6, 6.07) is 11.1. The van der Waals surface area contributed by atoms with Crippen LogP contribution in [-0.4, -0.2) is 35.9 Å². The lowest BCUT2D eigenvalue weighted by Gasteiger charge is -2.29. The Morgan fingerprint density at radius 2 is 1.87 bits per heavy atom. The average molecular weight is 415 g/mol. The van der Waals surface area contributed by atoms with E-state index < -0.39 is 11.9 Å². The summed E-state index contributed by atoms with van der Waals surface area (Å²) in [5.74, 6) is -0.434. The fourth-order valence-corrected chi connectivity index (χ4v) is 3.03. The highest BCUT2D eigenvalue weighted by atomic mass is 19.1. The topological polar surface area (TPSA) is 58.6 Å². The molecule has 0 aromatic heterocycles. The number of carbonyl (C=O) groups is 2. The van der Waals surface area contributed by atoms with Crippen molar-refractivity contribution in [1.29, 1.82) is 0 Å². The second-order valence-corrected chi connectivity index (χ2v) is 7.42. The van der Waals surface area contributed by atoms with Gasteiger partial charge in [-0.25, -0.2) is 4.39 Å². The van der Waals surface area contributed by atoms with Gasteiger partial charge in [0.25, 0.3) is 5.91 Å². The molecule has 2 aromatic rings. The van der Waals surface area contributed by atoms with Crippen molar-refractivity contribution in [1.82, 2.24) is 10.2 Å². The predicted molar refractivity (Wildman–Crippen MR) is 116 cm³/mol. The zero-order valence-electron chi connectivity index (χ0n) is 18.2. The first kappa shape index (κ1) is 23.4. The molecule has 6 heteroatoms. The van der Waals surface area contributed by atoms with Crippen LogP contribution in [0.1, 0.15) is 43.4 Å². The highest BCUT2D eigenvalue weighted by molar-refractivity contribution is 5.88. The van der Waals surface area contributed by atoms with Crippen LogP contribution in [0.2, 0.25) is 0 Å². The second-order valence-electron chi connectivity index (χ2n) is 7.42. The standard InChI is InChI=1S/C24H31FN2O3/c1-5-6-14-26-24(29)19(4)27(15-20-11-7-8-12-21(20)25)23(28)16-30-22-13-9-10-17(2)18(22)3/h7-13,19H,5-6,14-16H2,1-4H3,(H,26,29)/t19-/m1/s1. The number of amides is 2. The third-order valence-corrected chi connectivity index (χ3v) is 5.20. The Labute approximate surface area is 178 Å². The molecule has 1 N–H and O–H groups in total. The quantitative estimate of drug-likeness (QED) is 0.594. The summed E-state index contributed by atoms with van der Waals surface area (Å²) in [7, 11) is 0. The molecule has 5 nitrogen and oxygen atoms in total. The number of unbranched alkanes of at least 4 members (excludes halogenated alkanes) is 1. The maximum atomic E-state index is 14.2. The molecule has 2 rings (SSSR count). The van der Waals surface area contributed by atoms with E-state index in [0.717, 1.165) is 24.0 Å². The van der Waals surface area contributed by atoms with Crippen LogP contribution < -0.4 is 10.1 Å². The number of halogens is 1. The molecule has 2 amide bonds. The van der Waals surface area contributed by atoms with E-state index in [4.69, 9.17) is 4.74 Å². The fraction of sp³-hybridized carbons (Fsp3) is 0.417. The van der Waals surface area contributed by atoms with Gasteiger partial charge >= 0.3 is 0 Å². The molecular weight excluding hydrogens is 383 g/mol. The number of benzene rings is 2. The number of nitrogens with zero attached hydrogens (tertiary/aromatic N) is 1. The van der Waals surface area contributed by atoms with Crippen LogP contribution in [0.3, 0.4) is 0 Å². The van der Waals surface area contributed by atoms with Gasteiger partial charge in [-0.05, 0) is 50.5 Å². The largest absolute Gasteiger partial charge is 0.483 e. The van der Waals surface area contributed by atoms with E-state index in [2.05, 4.69) is 5.32 Å². The number of hydrogen-bond donors (Lipinski definition) is 1. The van der Waals surface area contributed by atoms with Crippen LogP contribution in [0.15, 0.2) is 42.5 Å². The van der Waals surface area contributed by atoms with Gasteiger partial charge in [-0.1, -0.05) is 43.7 Å². The van der Waals surface area contributed by atoms with Gasteiger partial charge in [-0.15, -0.1) is 0 Å². The predicted octanol–water partition coefficient (Wildman–Crippen LogP) is 4.15. The van der Waals surface area contributed by atoms with Gasteiger partial charge in [0, 0.05) is 18.7 Å². The molecule has 0 aliphatic carbocycles. The summed E-state index contributed by atoms with van der Waals surface area (Å²) in [5.41, 5.74) is 2.37. The lowest BCUT2D eigenvalue weighted by atomic mass is 10.1. The zero-order chi connectivity index (χ0) is 22.1. The van der Waals surface area contributed by atoms with Crippen LogP contribution in [0, 0.1) is 19.7 Å². The maximum absolute atomic E-state index is 14.2. The highest BCUT2D eigenvalue weighted by Gasteiger charge is 2.27. The number of aryl methyl sites for hydroxylation is 1. The van der Waals surface area contributed by atoms with E-state index in [1.807, 2.05) is 32.9 Å². The van der Waals surface area contributed by atoms with Gasteiger partial charge in [0.05, 0.1) is 0 Å². The Balaban J connectivity index is 2.16. The third-order valence-electron chi connectivity index (χ3n) is 5.20. The van der Waals surface area contributed by atoms with Crippen molar-refractivity contribution in [2.75, 3.05) is 13.2 Å². The second kappa shape index (κ2) is 11.3. The first-order chi connectivity index (χ1) is 14.3. The third kappa shape index (κ3) is 6.31. The minimum absolute atomic E-state index is 0.00989. The Hall–Kier alpha value is -2.89. The monoisotopic (exact) mass is 414 g/mol. The Bertz CT molecular complexity index is 869. The molecule has 0 aliphatic heterocycles. The van der Waals surface area contributed by atoms with Gasteiger partial charge in [-0.2, -0.15) is 0 Å². The highest BCUT2D eigenvalue weighted by Crippen LogP contribution is 2.21. The van der Waals surface area contributed by atoms with Crippen LogP contribution in [0.25, 0.3) is 0 Å². The van der Waals surface area contributed by atoms with Crippen molar-refractivity contribution < 1.29 is 18.7 Å². The van der Waals surface area contributed by atoms with Crippen molar-refractivity contribution in [3.05, 3.63) is 65.0 Å².